The van der Waals surface area contributed by atoms with Crippen molar-refractivity contribution in [1.29, 1.82) is 0 Å². The van der Waals surface area contributed by atoms with Gasteiger partial charge >= 0.3 is 0 Å². The summed E-state index contributed by atoms with van der Waals surface area (Å²) in [6.45, 7) is 6.42. The zero-order valence-corrected chi connectivity index (χ0v) is 11.8. The molecule has 2 aromatic rings. The summed E-state index contributed by atoms with van der Waals surface area (Å²) in [6.07, 6.45) is 2.06. The fraction of sp³-hybridized carbons (Fsp3) is 0.500. The van der Waals surface area contributed by atoms with Crippen LogP contribution in [0.25, 0.3) is 10.2 Å². The number of thiophene rings is 1. The van der Waals surface area contributed by atoms with Crippen molar-refractivity contribution in [3.8, 4) is 0 Å². The highest BCUT2D eigenvalue weighted by atomic mass is 35.5. The molecule has 0 bridgehead atoms. The van der Waals surface area contributed by atoms with E-state index in [1.54, 1.807) is 11.3 Å². The van der Waals surface area contributed by atoms with E-state index in [1.165, 1.54) is 4.88 Å². The van der Waals surface area contributed by atoms with Crippen molar-refractivity contribution in [2.75, 3.05) is 5.32 Å². The highest BCUT2D eigenvalue weighted by molar-refractivity contribution is 7.18. The first kappa shape index (κ1) is 12.6. The number of hydrogen-bond donors (Lipinski definition) is 1. The average molecular weight is 270 g/mol. The van der Waals surface area contributed by atoms with E-state index in [9.17, 15) is 0 Å². The van der Waals surface area contributed by atoms with E-state index < -0.39 is 0 Å². The number of hydrogen-bond acceptors (Lipinski definition) is 4. The molecular formula is C12H16ClN3S. The van der Waals surface area contributed by atoms with Gasteiger partial charge in [0.2, 0.25) is 5.28 Å². The number of nitrogens with one attached hydrogen (secondary N) is 1. The van der Waals surface area contributed by atoms with Gasteiger partial charge in [-0.15, -0.1) is 11.3 Å². The van der Waals surface area contributed by atoms with E-state index in [4.69, 9.17) is 11.6 Å². The Labute approximate surface area is 110 Å². The van der Waals surface area contributed by atoms with Crippen molar-refractivity contribution in [2.45, 2.75) is 39.7 Å². The Kier molecular flexibility index (Phi) is 3.84. The Morgan fingerprint density at radius 1 is 1.41 bits per heavy atom. The van der Waals surface area contributed by atoms with Crippen molar-refractivity contribution in [1.82, 2.24) is 9.97 Å². The molecule has 1 unspecified atom stereocenters. The molecule has 0 aromatic carbocycles. The summed E-state index contributed by atoms with van der Waals surface area (Å²) in [5, 5.41) is 4.78. The molecule has 1 atom stereocenters. The van der Waals surface area contributed by atoms with Crippen molar-refractivity contribution in [3.05, 3.63) is 16.2 Å². The minimum atomic E-state index is 0.313. The molecule has 0 fully saturated rings. The predicted molar refractivity (Wildman–Crippen MR) is 75.2 cm³/mol. The lowest BCUT2D eigenvalue weighted by atomic mass is 10.2. The van der Waals surface area contributed by atoms with E-state index in [0.29, 0.717) is 11.3 Å². The second kappa shape index (κ2) is 5.19. The van der Waals surface area contributed by atoms with Crippen LogP contribution in [0.5, 0.6) is 0 Å². The number of fused-ring (bicyclic) bond motifs is 1. The number of aryl methyl sites for hydroxylation is 1. The third kappa shape index (κ3) is 2.69. The third-order valence-electron chi connectivity index (χ3n) is 2.76. The van der Waals surface area contributed by atoms with Crippen LogP contribution in [0.4, 0.5) is 5.82 Å². The molecule has 2 heterocycles. The van der Waals surface area contributed by atoms with Crippen LogP contribution < -0.4 is 5.32 Å². The fourth-order valence-electron chi connectivity index (χ4n) is 1.57. The lowest BCUT2D eigenvalue weighted by Gasteiger charge is -2.12. The van der Waals surface area contributed by atoms with Gasteiger partial charge in [-0.05, 0) is 37.4 Å². The zero-order valence-electron chi connectivity index (χ0n) is 10.2. The zero-order chi connectivity index (χ0) is 12.4. The highest BCUT2D eigenvalue weighted by Crippen LogP contribution is 2.30. The molecule has 0 aliphatic heterocycles. The Bertz CT molecular complexity index is 524. The summed E-state index contributed by atoms with van der Waals surface area (Å²) in [5.41, 5.74) is 0. The molecule has 0 aliphatic carbocycles. The first-order chi connectivity index (χ1) is 8.13. The Hall–Kier alpha value is -0.870. The predicted octanol–water partition coefficient (Wildman–Crippen LogP) is 4.12. The molecule has 2 rings (SSSR count). The summed E-state index contributed by atoms with van der Waals surface area (Å²) in [5.74, 6) is 0.852. The first-order valence-electron chi connectivity index (χ1n) is 5.86. The van der Waals surface area contributed by atoms with E-state index in [2.05, 4.69) is 42.1 Å². The summed E-state index contributed by atoms with van der Waals surface area (Å²) in [4.78, 5) is 10.8. The highest BCUT2D eigenvalue weighted by Gasteiger charge is 2.11. The second-order valence-electron chi connectivity index (χ2n) is 4.08. The number of aromatic nitrogens is 2. The number of nitrogens with zero attached hydrogens (tertiary/aromatic N) is 2. The lowest BCUT2D eigenvalue weighted by Crippen LogP contribution is -2.14. The number of halogens is 1. The van der Waals surface area contributed by atoms with Gasteiger partial charge in [-0.1, -0.05) is 13.8 Å². The van der Waals surface area contributed by atoms with Crippen LogP contribution in [0.15, 0.2) is 6.07 Å². The largest absolute Gasteiger partial charge is 0.367 e. The summed E-state index contributed by atoms with van der Waals surface area (Å²) in [6, 6.07) is 2.54. The van der Waals surface area contributed by atoms with Gasteiger partial charge in [-0.3, -0.25) is 0 Å². The van der Waals surface area contributed by atoms with E-state index in [1.807, 2.05) is 0 Å². The van der Waals surface area contributed by atoms with Gasteiger partial charge in [0.05, 0.1) is 5.39 Å². The van der Waals surface area contributed by atoms with Crippen LogP contribution in [0.1, 0.15) is 32.1 Å². The van der Waals surface area contributed by atoms with E-state index >= 15 is 0 Å². The van der Waals surface area contributed by atoms with Crippen LogP contribution in [0.3, 0.4) is 0 Å². The number of anilines is 1. The molecule has 0 saturated heterocycles. The minimum Gasteiger partial charge on any atom is -0.367 e. The molecule has 0 aliphatic rings. The lowest BCUT2D eigenvalue weighted by molar-refractivity contribution is 0.760. The SMILES string of the molecule is CCc1cc2c(NC(C)CC)nc(Cl)nc2s1. The van der Waals surface area contributed by atoms with Gasteiger partial charge in [0, 0.05) is 10.9 Å². The summed E-state index contributed by atoms with van der Waals surface area (Å²) >= 11 is 7.63. The minimum absolute atomic E-state index is 0.313. The fourth-order valence-corrected chi connectivity index (χ4v) is 2.75. The van der Waals surface area contributed by atoms with Gasteiger partial charge in [-0.25, -0.2) is 9.97 Å². The van der Waals surface area contributed by atoms with E-state index in [-0.39, 0.29) is 0 Å². The van der Waals surface area contributed by atoms with E-state index in [0.717, 1.165) is 28.9 Å². The first-order valence-corrected chi connectivity index (χ1v) is 7.06. The van der Waals surface area contributed by atoms with Crippen LogP contribution in [-0.2, 0) is 6.42 Å². The van der Waals surface area contributed by atoms with Gasteiger partial charge in [0.15, 0.2) is 0 Å². The van der Waals surface area contributed by atoms with Crippen LogP contribution in [0.2, 0.25) is 5.28 Å². The normalized spacial score (nSPS) is 12.9. The molecule has 92 valence electrons. The van der Waals surface area contributed by atoms with Crippen molar-refractivity contribution in [3.63, 3.8) is 0 Å². The standard InChI is InChI=1S/C12H16ClN3S/c1-4-7(3)14-10-9-6-8(5-2)17-11(9)16-12(13)15-10/h6-7H,4-5H2,1-3H3,(H,14,15,16). The molecule has 17 heavy (non-hydrogen) atoms. The molecule has 0 saturated carbocycles. The molecule has 0 spiro atoms. The van der Waals surface area contributed by atoms with Crippen molar-refractivity contribution in [2.24, 2.45) is 0 Å². The van der Waals surface area contributed by atoms with Crippen molar-refractivity contribution >= 4 is 39.0 Å². The molecule has 1 N–H and O–H groups in total. The molecule has 0 amide bonds. The maximum Gasteiger partial charge on any atom is 0.225 e. The van der Waals surface area contributed by atoms with Crippen molar-refractivity contribution < 1.29 is 0 Å². The van der Waals surface area contributed by atoms with Gasteiger partial charge < -0.3 is 5.32 Å². The second-order valence-corrected chi connectivity index (χ2v) is 5.53. The Morgan fingerprint density at radius 2 is 2.18 bits per heavy atom. The van der Waals surface area contributed by atoms with Crippen LogP contribution in [-0.4, -0.2) is 16.0 Å². The molecule has 0 radical (unpaired) electrons. The van der Waals surface area contributed by atoms with Crippen LogP contribution in [0, 0.1) is 0 Å². The maximum absolute atomic E-state index is 5.95. The molecular weight excluding hydrogens is 254 g/mol. The molecule has 2 aromatic heterocycles. The maximum atomic E-state index is 5.95. The summed E-state index contributed by atoms with van der Waals surface area (Å²) in [7, 11) is 0. The smallest absolute Gasteiger partial charge is 0.225 e. The monoisotopic (exact) mass is 269 g/mol. The number of rotatable bonds is 4. The van der Waals surface area contributed by atoms with Gasteiger partial charge in [0.25, 0.3) is 0 Å². The third-order valence-corrected chi connectivity index (χ3v) is 4.10. The Morgan fingerprint density at radius 3 is 2.82 bits per heavy atom. The molecule has 3 nitrogen and oxygen atoms in total. The topological polar surface area (TPSA) is 37.8 Å². The average Bonchev–Trinajstić information content (AvgIpc) is 2.71. The summed E-state index contributed by atoms with van der Waals surface area (Å²) < 4.78 is 0. The van der Waals surface area contributed by atoms with Crippen LogP contribution >= 0.6 is 22.9 Å². The van der Waals surface area contributed by atoms with Gasteiger partial charge in [0.1, 0.15) is 10.6 Å². The Balaban J connectivity index is 2.48. The quantitative estimate of drug-likeness (QED) is 0.849. The molecule has 5 heteroatoms. The van der Waals surface area contributed by atoms with Gasteiger partial charge in [-0.2, -0.15) is 0 Å².